The molecular weight excluding hydrogens is 292 g/mol. The molecule has 0 unspecified atom stereocenters. The summed E-state index contributed by atoms with van der Waals surface area (Å²) in [5.74, 6) is 0.880. The summed E-state index contributed by atoms with van der Waals surface area (Å²) in [4.78, 5) is 18.7. The van der Waals surface area contributed by atoms with Crippen molar-refractivity contribution in [3.05, 3.63) is 35.9 Å². The third kappa shape index (κ3) is 3.45. The monoisotopic (exact) mass is 314 g/mol. The first-order valence-electron chi connectivity index (χ1n) is 8.13. The minimum atomic E-state index is -0.0739. The smallest absolute Gasteiger partial charge is 0.309 e. The minimum absolute atomic E-state index is 0.0127. The average molecular weight is 314 g/mol. The number of carbonyl (C=O) groups excluding carboxylic acids is 1. The highest BCUT2D eigenvalue weighted by molar-refractivity contribution is 5.81. The molecule has 5 nitrogen and oxygen atoms in total. The highest BCUT2D eigenvalue weighted by Crippen LogP contribution is 2.25. The quantitative estimate of drug-likeness (QED) is 0.879. The summed E-state index contributed by atoms with van der Waals surface area (Å²) < 4.78 is 5.11. The van der Waals surface area contributed by atoms with E-state index in [0.29, 0.717) is 6.61 Å². The van der Waals surface area contributed by atoms with E-state index in [-0.39, 0.29) is 18.5 Å². The number of pyridine rings is 1. The number of anilines is 1. The summed E-state index contributed by atoms with van der Waals surface area (Å²) in [6.07, 6.45) is 1.62. The predicted molar refractivity (Wildman–Crippen MR) is 89.2 cm³/mol. The van der Waals surface area contributed by atoms with Crippen LogP contribution >= 0.6 is 0 Å². The molecule has 1 saturated heterocycles. The number of hydrogen-bond donors (Lipinski definition) is 1. The first-order valence-corrected chi connectivity index (χ1v) is 8.13. The Hall–Kier alpha value is -2.14. The van der Waals surface area contributed by atoms with E-state index >= 15 is 0 Å². The number of esters is 1. The number of benzene rings is 1. The van der Waals surface area contributed by atoms with Crippen LogP contribution in [0.4, 0.5) is 5.82 Å². The number of aromatic nitrogens is 1. The van der Waals surface area contributed by atoms with E-state index in [1.54, 1.807) is 0 Å². The van der Waals surface area contributed by atoms with Crippen LogP contribution in [0, 0.1) is 5.92 Å². The molecule has 2 heterocycles. The van der Waals surface area contributed by atoms with Crippen molar-refractivity contribution in [2.45, 2.75) is 26.4 Å². The Kier molecular flexibility index (Phi) is 4.76. The Labute approximate surface area is 135 Å². The molecule has 5 heteroatoms. The number of rotatable bonds is 4. The number of carbonyl (C=O) groups is 1. The maximum Gasteiger partial charge on any atom is 0.309 e. The van der Waals surface area contributed by atoms with Gasteiger partial charge in [0.15, 0.2) is 0 Å². The predicted octanol–water partition coefficient (Wildman–Crippen LogP) is 2.51. The number of piperidine rings is 1. The van der Waals surface area contributed by atoms with Crippen molar-refractivity contribution >= 4 is 22.7 Å². The molecule has 1 aliphatic rings. The fraction of sp³-hybridized carbons (Fsp3) is 0.444. The van der Waals surface area contributed by atoms with Crippen molar-refractivity contribution in [1.29, 1.82) is 0 Å². The summed E-state index contributed by atoms with van der Waals surface area (Å²) in [6, 6.07) is 9.84. The molecule has 0 amide bonds. The van der Waals surface area contributed by atoms with Gasteiger partial charge in [0, 0.05) is 18.5 Å². The highest BCUT2D eigenvalue weighted by Gasteiger charge is 2.26. The molecule has 1 aliphatic heterocycles. The number of aliphatic hydroxyl groups is 1. The molecular formula is C18H22N2O3. The molecule has 1 N–H and O–H groups in total. The minimum Gasteiger partial charge on any atom is -0.466 e. The molecule has 0 bridgehead atoms. The van der Waals surface area contributed by atoms with Crippen LogP contribution in [0.25, 0.3) is 10.9 Å². The lowest BCUT2D eigenvalue weighted by atomic mass is 9.97. The van der Waals surface area contributed by atoms with Gasteiger partial charge in [-0.15, -0.1) is 0 Å². The lowest BCUT2D eigenvalue weighted by Gasteiger charge is -2.31. The molecule has 0 atom stereocenters. The van der Waals surface area contributed by atoms with E-state index in [2.05, 4.69) is 4.90 Å². The molecule has 1 aromatic heterocycles. The Morgan fingerprint density at radius 2 is 2.09 bits per heavy atom. The van der Waals surface area contributed by atoms with Gasteiger partial charge in [0.2, 0.25) is 0 Å². The second kappa shape index (κ2) is 6.96. The summed E-state index contributed by atoms with van der Waals surface area (Å²) in [6.45, 7) is 3.96. The summed E-state index contributed by atoms with van der Waals surface area (Å²) >= 11 is 0. The maximum absolute atomic E-state index is 11.8. The molecule has 1 aromatic carbocycles. The van der Waals surface area contributed by atoms with Gasteiger partial charge >= 0.3 is 5.97 Å². The van der Waals surface area contributed by atoms with Crippen LogP contribution in [-0.2, 0) is 16.1 Å². The van der Waals surface area contributed by atoms with Gasteiger partial charge in [0.25, 0.3) is 0 Å². The lowest BCUT2D eigenvalue weighted by molar-refractivity contribution is -0.148. The zero-order chi connectivity index (χ0) is 16.2. The van der Waals surface area contributed by atoms with Gasteiger partial charge in [0.1, 0.15) is 5.82 Å². The second-order valence-electron chi connectivity index (χ2n) is 5.87. The number of aliphatic hydroxyl groups excluding tert-OH is 1. The van der Waals surface area contributed by atoms with E-state index in [4.69, 9.17) is 9.72 Å². The third-order valence-electron chi connectivity index (χ3n) is 4.36. The summed E-state index contributed by atoms with van der Waals surface area (Å²) in [7, 11) is 0. The first-order chi connectivity index (χ1) is 11.2. The van der Waals surface area contributed by atoms with Gasteiger partial charge in [-0.25, -0.2) is 4.98 Å². The molecule has 23 heavy (non-hydrogen) atoms. The van der Waals surface area contributed by atoms with E-state index in [1.165, 1.54) is 0 Å². The Morgan fingerprint density at radius 3 is 2.78 bits per heavy atom. The molecule has 0 saturated carbocycles. The fourth-order valence-corrected chi connectivity index (χ4v) is 3.04. The lowest BCUT2D eigenvalue weighted by Crippen LogP contribution is -2.37. The standard InChI is InChI=1S/C18H22N2O3/c1-2-23-18(22)14-7-9-20(10-8-14)17-6-4-15-11-13(12-21)3-5-16(15)19-17/h3-6,11,14,21H,2,7-10,12H2,1H3. The Balaban J connectivity index is 1.71. The van der Waals surface area contributed by atoms with Gasteiger partial charge < -0.3 is 14.7 Å². The molecule has 2 aromatic rings. The number of fused-ring (bicyclic) bond motifs is 1. The molecule has 1 fully saturated rings. The summed E-state index contributed by atoms with van der Waals surface area (Å²) in [5, 5.41) is 10.2. The van der Waals surface area contributed by atoms with Crippen LogP contribution in [0.3, 0.4) is 0 Å². The number of nitrogens with zero attached hydrogens (tertiary/aromatic N) is 2. The van der Waals surface area contributed by atoms with Gasteiger partial charge in [-0.3, -0.25) is 4.79 Å². The number of ether oxygens (including phenoxy) is 1. The Morgan fingerprint density at radius 1 is 1.30 bits per heavy atom. The van der Waals surface area contributed by atoms with Crippen molar-refractivity contribution in [3.63, 3.8) is 0 Å². The number of hydrogen-bond acceptors (Lipinski definition) is 5. The van der Waals surface area contributed by atoms with Crippen LogP contribution in [0.2, 0.25) is 0 Å². The third-order valence-corrected chi connectivity index (χ3v) is 4.36. The van der Waals surface area contributed by atoms with E-state index in [9.17, 15) is 9.90 Å². The van der Waals surface area contributed by atoms with E-state index < -0.39 is 0 Å². The van der Waals surface area contributed by atoms with Gasteiger partial charge in [-0.1, -0.05) is 6.07 Å². The van der Waals surface area contributed by atoms with Crippen molar-refractivity contribution in [3.8, 4) is 0 Å². The van der Waals surface area contributed by atoms with E-state index in [1.807, 2.05) is 37.3 Å². The van der Waals surface area contributed by atoms with Crippen molar-refractivity contribution in [2.75, 3.05) is 24.6 Å². The van der Waals surface area contributed by atoms with Gasteiger partial charge in [-0.05, 0) is 49.6 Å². The first kappa shape index (κ1) is 15.7. The van der Waals surface area contributed by atoms with Gasteiger partial charge in [0.05, 0.1) is 24.6 Å². The fourth-order valence-electron chi connectivity index (χ4n) is 3.04. The van der Waals surface area contributed by atoms with Crippen LogP contribution < -0.4 is 4.90 Å². The second-order valence-corrected chi connectivity index (χ2v) is 5.87. The molecule has 0 spiro atoms. The van der Waals surface area contributed by atoms with Gasteiger partial charge in [-0.2, -0.15) is 0 Å². The van der Waals surface area contributed by atoms with E-state index in [0.717, 1.165) is 48.2 Å². The SMILES string of the molecule is CCOC(=O)C1CCN(c2ccc3cc(CO)ccc3n2)CC1. The van der Waals surface area contributed by atoms with Crippen LogP contribution in [0.5, 0.6) is 0 Å². The van der Waals surface area contributed by atoms with Crippen molar-refractivity contribution in [2.24, 2.45) is 5.92 Å². The highest BCUT2D eigenvalue weighted by atomic mass is 16.5. The molecule has 0 radical (unpaired) electrons. The maximum atomic E-state index is 11.8. The van der Waals surface area contributed by atoms with Crippen molar-refractivity contribution < 1.29 is 14.6 Å². The zero-order valence-electron chi connectivity index (χ0n) is 13.4. The van der Waals surface area contributed by atoms with Crippen LogP contribution in [0.15, 0.2) is 30.3 Å². The van der Waals surface area contributed by atoms with Crippen LogP contribution in [0.1, 0.15) is 25.3 Å². The van der Waals surface area contributed by atoms with Crippen LogP contribution in [-0.4, -0.2) is 35.8 Å². The molecule has 122 valence electrons. The normalized spacial score (nSPS) is 15.8. The largest absolute Gasteiger partial charge is 0.466 e. The Bertz CT molecular complexity index is 694. The van der Waals surface area contributed by atoms with Crippen molar-refractivity contribution in [1.82, 2.24) is 4.98 Å². The average Bonchev–Trinajstić information content (AvgIpc) is 2.61. The summed E-state index contributed by atoms with van der Waals surface area (Å²) in [5.41, 5.74) is 1.81. The molecule has 3 rings (SSSR count). The topological polar surface area (TPSA) is 62.7 Å². The molecule has 0 aliphatic carbocycles. The zero-order valence-corrected chi connectivity index (χ0v) is 13.4.